The molecule has 0 bridgehead atoms. The lowest BCUT2D eigenvalue weighted by atomic mass is 10.1. The molecule has 0 aliphatic rings. The summed E-state index contributed by atoms with van der Waals surface area (Å²) in [4.78, 5) is 4.28. The van der Waals surface area contributed by atoms with E-state index in [-0.39, 0.29) is 24.0 Å². The fourth-order valence-electron chi connectivity index (χ4n) is 2.85. The van der Waals surface area contributed by atoms with Crippen LogP contribution < -0.4 is 24.8 Å². The lowest BCUT2D eigenvalue weighted by Crippen LogP contribution is -2.37. The third kappa shape index (κ3) is 6.78. The van der Waals surface area contributed by atoms with Gasteiger partial charge in [-0.05, 0) is 30.5 Å². The van der Waals surface area contributed by atoms with Gasteiger partial charge < -0.3 is 24.8 Å². The number of hydrogen-bond donors (Lipinski definition) is 2. The van der Waals surface area contributed by atoms with Crippen LogP contribution in [0.25, 0.3) is 0 Å². The Morgan fingerprint density at radius 2 is 1.61 bits per heavy atom. The highest BCUT2D eigenvalue weighted by molar-refractivity contribution is 14.0. The van der Waals surface area contributed by atoms with Crippen LogP contribution in [-0.4, -0.2) is 40.9 Å². The molecule has 0 saturated heterocycles. The molecule has 0 spiro atoms. The maximum atomic E-state index is 5.52. The van der Waals surface area contributed by atoms with E-state index in [9.17, 15) is 0 Å². The Balaban J connectivity index is 0.00000392. The van der Waals surface area contributed by atoms with E-state index in [2.05, 4.69) is 39.9 Å². The standard InChI is InChI=1S/C21H29N3O3.HI/c1-22-21(23-14-8-11-16-9-6-5-7-10-16)24-15-17-12-13-18(25-2)20(27-4)19(17)26-3;/h5-7,9-10,12-13H,8,11,14-15H2,1-4H3,(H2,22,23,24);1H. The summed E-state index contributed by atoms with van der Waals surface area (Å²) in [5.74, 6) is 2.63. The molecule has 2 N–H and O–H groups in total. The third-order valence-corrected chi connectivity index (χ3v) is 4.23. The quantitative estimate of drug-likeness (QED) is 0.239. The number of nitrogens with one attached hydrogen (secondary N) is 2. The Hall–Kier alpha value is -2.16. The Morgan fingerprint density at radius 1 is 0.893 bits per heavy atom. The van der Waals surface area contributed by atoms with E-state index in [1.165, 1.54) is 5.56 Å². The topological polar surface area (TPSA) is 64.1 Å². The van der Waals surface area contributed by atoms with Crippen LogP contribution in [0.2, 0.25) is 0 Å². The zero-order chi connectivity index (χ0) is 19.5. The predicted molar refractivity (Wildman–Crippen MR) is 124 cm³/mol. The molecule has 2 aromatic rings. The third-order valence-electron chi connectivity index (χ3n) is 4.23. The minimum atomic E-state index is 0. The lowest BCUT2D eigenvalue weighted by Gasteiger charge is -2.17. The normalized spacial score (nSPS) is 10.6. The molecule has 0 amide bonds. The number of halogens is 1. The Kier molecular flexibility index (Phi) is 11.2. The largest absolute Gasteiger partial charge is 0.493 e. The van der Waals surface area contributed by atoms with E-state index in [0.29, 0.717) is 23.8 Å². The number of benzene rings is 2. The van der Waals surface area contributed by atoms with Gasteiger partial charge in [0, 0.05) is 25.7 Å². The Labute approximate surface area is 184 Å². The zero-order valence-corrected chi connectivity index (χ0v) is 19.3. The van der Waals surface area contributed by atoms with Gasteiger partial charge >= 0.3 is 0 Å². The number of nitrogens with zero attached hydrogens (tertiary/aromatic N) is 1. The fraction of sp³-hybridized carbons (Fsp3) is 0.381. The lowest BCUT2D eigenvalue weighted by molar-refractivity contribution is 0.322. The highest BCUT2D eigenvalue weighted by Gasteiger charge is 2.15. The molecule has 0 radical (unpaired) electrons. The Bertz CT molecular complexity index is 739. The van der Waals surface area contributed by atoms with Gasteiger partial charge in [-0.1, -0.05) is 30.3 Å². The number of aryl methyl sites for hydroxylation is 1. The molecule has 6 nitrogen and oxygen atoms in total. The van der Waals surface area contributed by atoms with E-state index in [1.807, 2.05) is 18.2 Å². The van der Waals surface area contributed by atoms with Crippen molar-refractivity contribution >= 4 is 29.9 Å². The first-order chi connectivity index (χ1) is 13.2. The van der Waals surface area contributed by atoms with Crippen LogP contribution in [0, 0.1) is 0 Å². The Morgan fingerprint density at radius 3 is 2.21 bits per heavy atom. The smallest absolute Gasteiger partial charge is 0.203 e. The summed E-state index contributed by atoms with van der Waals surface area (Å²) < 4.78 is 16.3. The van der Waals surface area contributed by atoms with Crippen molar-refractivity contribution in [1.29, 1.82) is 0 Å². The van der Waals surface area contributed by atoms with Crippen molar-refractivity contribution in [2.24, 2.45) is 4.99 Å². The van der Waals surface area contributed by atoms with Crippen LogP contribution in [0.4, 0.5) is 0 Å². The summed E-state index contributed by atoms with van der Waals surface area (Å²) in [6.45, 7) is 1.40. The van der Waals surface area contributed by atoms with E-state index in [1.54, 1.807) is 28.4 Å². The summed E-state index contributed by atoms with van der Waals surface area (Å²) in [6.07, 6.45) is 2.07. The number of hydrogen-bond acceptors (Lipinski definition) is 4. The molecule has 0 unspecified atom stereocenters. The van der Waals surface area contributed by atoms with Gasteiger partial charge in [-0.3, -0.25) is 4.99 Å². The second-order valence-electron chi connectivity index (χ2n) is 5.94. The molecule has 0 fully saturated rings. The number of methoxy groups -OCH3 is 3. The molecule has 0 heterocycles. The average Bonchev–Trinajstić information content (AvgIpc) is 2.73. The van der Waals surface area contributed by atoms with Gasteiger partial charge in [0.2, 0.25) is 5.75 Å². The molecule has 2 rings (SSSR count). The minimum absolute atomic E-state index is 0. The second-order valence-corrected chi connectivity index (χ2v) is 5.94. The van der Waals surface area contributed by atoms with Gasteiger partial charge in [-0.2, -0.15) is 0 Å². The SMILES string of the molecule is CN=C(NCCCc1ccccc1)NCc1ccc(OC)c(OC)c1OC.I. The number of ether oxygens (including phenoxy) is 3. The van der Waals surface area contributed by atoms with Gasteiger partial charge in [-0.15, -0.1) is 24.0 Å². The number of guanidine groups is 1. The number of aliphatic imine (C=N–C) groups is 1. The maximum Gasteiger partial charge on any atom is 0.203 e. The molecule has 154 valence electrons. The summed E-state index contributed by atoms with van der Waals surface area (Å²) in [7, 11) is 6.59. The number of rotatable bonds is 9. The van der Waals surface area contributed by atoms with Crippen molar-refractivity contribution in [3.63, 3.8) is 0 Å². The van der Waals surface area contributed by atoms with Crippen LogP contribution in [-0.2, 0) is 13.0 Å². The first-order valence-corrected chi connectivity index (χ1v) is 8.99. The predicted octanol–water partition coefficient (Wildman–Crippen LogP) is 3.63. The van der Waals surface area contributed by atoms with Gasteiger partial charge in [0.05, 0.1) is 21.3 Å². The van der Waals surface area contributed by atoms with Gasteiger partial charge in [-0.25, -0.2) is 0 Å². The minimum Gasteiger partial charge on any atom is -0.493 e. The monoisotopic (exact) mass is 499 g/mol. The van der Waals surface area contributed by atoms with Crippen molar-refractivity contribution in [1.82, 2.24) is 10.6 Å². The highest BCUT2D eigenvalue weighted by atomic mass is 127. The van der Waals surface area contributed by atoms with Gasteiger partial charge in [0.15, 0.2) is 17.5 Å². The molecule has 28 heavy (non-hydrogen) atoms. The fourth-order valence-corrected chi connectivity index (χ4v) is 2.85. The van der Waals surface area contributed by atoms with E-state index in [4.69, 9.17) is 14.2 Å². The molecular weight excluding hydrogens is 469 g/mol. The van der Waals surface area contributed by atoms with Crippen molar-refractivity contribution in [2.45, 2.75) is 19.4 Å². The summed E-state index contributed by atoms with van der Waals surface area (Å²) in [5.41, 5.74) is 2.31. The first-order valence-electron chi connectivity index (χ1n) is 8.99. The maximum absolute atomic E-state index is 5.52. The second kappa shape index (κ2) is 13.1. The van der Waals surface area contributed by atoms with Crippen LogP contribution >= 0.6 is 24.0 Å². The van der Waals surface area contributed by atoms with Crippen molar-refractivity contribution < 1.29 is 14.2 Å². The van der Waals surface area contributed by atoms with Crippen LogP contribution in [0.3, 0.4) is 0 Å². The van der Waals surface area contributed by atoms with Crippen LogP contribution in [0.5, 0.6) is 17.2 Å². The molecule has 0 aliphatic heterocycles. The molecule has 7 heteroatoms. The van der Waals surface area contributed by atoms with Gasteiger partial charge in [0.25, 0.3) is 0 Å². The first kappa shape index (κ1) is 23.9. The van der Waals surface area contributed by atoms with Gasteiger partial charge in [0.1, 0.15) is 0 Å². The summed E-state index contributed by atoms with van der Waals surface area (Å²) >= 11 is 0. The zero-order valence-electron chi connectivity index (χ0n) is 17.0. The van der Waals surface area contributed by atoms with E-state index >= 15 is 0 Å². The molecule has 0 aromatic heterocycles. The van der Waals surface area contributed by atoms with Crippen LogP contribution in [0.15, 0.2) is 47.5 Å². The van der Waals surface area contributed by atoms with Crippen molar-refractivity contribution in [3.8, 4) is 17.2 Å². The average molecular weight is 499 g/mol. The van der Waals surface area contributed by atoms with E-state index < -0.39 is 0 Å². The molecule has 0 saturated carbocycles. The highest BCUT2D eigenvalue weighted by Crippen LogP contribution is 2.39. The van der Waals surface area contributed by atoms with Crippen LogP contribution in [0.1, 0.15) is 17.5 Å². The molecule has 0 aliphatic carbocycles. The molecule has 2 aromatic carbocycles. The van der Waals surface area contributed by atoms with Crippen molar-refractivity contribution in [3.05, 3.63) is 53.6 Å². The van der Waals surface area contributed by atoms with Crippen molar-refractivity contribution in [2.75, 3.05) is 34.9 Å². The van der Waals surface area contributed by atoms with E-state index in [0.717, 1.165) is 30.9 Å². The molecule has 0 atom stereocenters. The summed E-state index contributed by atoms with van der Waals surface area (Å²) in [5, 5.41) is 6.65. The summed E-state index contributed by atoms with van der Waals surface area (Å²) in [6, 6.07) is 14.3. The molecular formula is C21H30IN3O3.